The fraction of sp³-hybridized carbons (Fsp3) is 0.421. The van der Waals surface area contributed by atoms with Crippen molar-refractivity contribution >= 4 is 11.7 Å². The van der Waals surface area contributed by atoms with Crippen molar-refractivity contribution in [2.45, 2.75) is 19.3 Å². The topological polar surface area (TPSA) is 58.6 Å². The molecule has 25 heavy (non-hydrogen) atoms. The van der Waals surface area contributed by atoms with Crippen LogP contribution < -0.4 is 9.64 Å². The van der Waals surface area contributed by atoms with Crippen molar-refractivity contribution in [3.8, 4) is 5.75 Å². The van der Waals surface area contributed by atoms with Crippen LogP contribution in [0.3, 0.4) is 0 Å². The van der Waals surface area contributed by atoms with Crippen LogP contribution in [-0.4, -0.2) is 53.8 Å². The zero-order valence-electron chi connectivity index (χ0n) is 14.2. The number of fused-ring (bicyclic) bond motifs is 1. The molecule has 6 heteroatoms. The monoisotopic (exact) mass is 338 g/mol. The third-order valence-electron chi connectivity index (χ3n) is 4.84. The van der Waals surface area contributed by atoms with Crippen molar-refractivity contribution in [3.63, 3.8) is 0 Å². The van der Waals surface area contributed by atoms with E-state index in [0.717, 1.165) is 62.8 Å². The lowest BCUT2D eigenvalue weighted by molar-refractivity contribution is -0.130. The molecule has 0 bridgehead atoms. The number of aromatic nitrogens is 2. The van der Waals surface area contributed by atoms with Gasteiger partial charge in [0.2, 0.25) is 5.91 Å². The van der Waals surface area contributed by atoms with E-state index in [1.807, 2.05) is 29.2 Å². The first-order valence-electron chi connectivity index (χ1n) is 8.84. The molecule has 0 unspecified atom stereocenters. The van der Waals surface area contributed by atoms with E-state index in [1.165, 1.54) is 5.56 Å². The van der Waals surface area contributed by atoms with Crippen molar-refractivity contribution in [3.05, 3.63) is 47.7 Å². The standard InChI is InChI=1S/C19H22N4O2/c24-19(14-15-4-5-17-16(13-15)6-12-25-17)23-9-2-8-22(10-11-23)18-3-1-7-20-21-18/h1,3-5,7,13H,2,6,8-12,14H2. The van der Waals surface area contributed by atoms with Crippen molar-refractivity contribution < 1.29 is 9.53 Å². The molecule has 0 N–H and O–H groups in total. The van der Waals surface area contributed by atoms with Gasteiger partial charge in [0.25, 0.3) is 0 Å². The molecule has 0 saturated carbocycles. The normalized spacial score (nSPS) is 17.0. The van der Waals surface area contributed by atoms with Gasteiger partial charge in [-0.2, -0.15) is 5.10 Å². The lowest BCUT2D eigenvalue weighted by Gasteiger charge is -2.22. The second-order valence-electron chi connectivity index (χ2n) is 6.52. The van der Waals surface area contributed by atoms with Gasteiger partial charge in [-0.05, 0) is 35.7 Å². The van der Waals surface area contributed by atoms with Crippen LogP contribution in [0.1, 0.15) is 17.5 Å². The second-order valence-corrected chi connectivity index (χ2v) is 6.52. The van der Waals surface area contributed by atoms with E-state index >= 15 is 0 Å². The summed E-state index contributed by atoms with van der Waals surface area (Å²) in [5, 5.41) is 8.12. The third kappa shape index (κ3) is 3.57. The zero-order valence-corrected chi connectivity index (χ0v) is 14.2. The number of carbonyl (C=O) groups excluding carboxylic acids is 1. The summed E-state index contributed by atoms with van der Waals surface area (Å²) in [5.74, 6) is 2.04. The van der Waals surface area contributed by atoms with Crippen LogP contribution in [0.5, 0.6) is 5.75 Å². The maximum absolute atomic E-state index is 12.7. The maximum Gasteiger partial charge on any atom is 0.227 e. The summed E-state index contributed by atoms with van der Waals surface area (Å²) >= 11 is 0. The van der Waals surface area contributed by atoms with Crippen LogP contribution in [0.15, 0.2) is 36.5 Å². The van der Waals surface area contributed by atoms with E-state index in [-0.39, 0.29) is 5.91 Å². The molecule has 0 radical (unpaired) electrons. The molecule has 1 saturated heterocycles. The molecule has 1 fully saturated rings. The summed E-state index contributed by atoms with van der Waals surface area (Å²) < 4.78 is 5.53. The molecule has 0 atom stereocenters. The average molecular weight is 338 g/mol. The van der Waals surface area contributed by atoms with Crippen LogP contribution >= 0.6 is 0 Å². The number of anilines is 1. The van der Waals surface area contributed by atoms with Crippen LogP contribution in [-0.2, 0) is 17.6 Å². The van der Waals surface area contributed by atoms with Crippen molar-refractivity contribution in [2.75, 3.05) is 37.7 Å². The van der Waals surface area contributed by atoms with Gasteiger partial charge in [0.05, 0.1) is 13.0 Å². The molecule has 1 amide bonds. The number of hydrogen-bond acceptors (Lipinski definition) is 5. The van der Waals surface area contributed by atoms with Gasteiger partial charge >= 0.3 is 0 Å². The van der Waals surface area contributed by atoms with E-state index in [0.29, 0.717) is 6.42 Å². The molecule has 0 spiro atoms. The highest BCUT2D eigenvalue weighted by molar-refractivity contribution is 5.79. The molecule has 0 aliphatic carbocycles. The first-order chi connectivity index (χ1) is 12.3. The van der Waals surface area contributed by atoms with E-state index in [2.05, 4.69) is 21.2 Å². The number of nitrogens with zero attached hydrogens (tertiary/aromatic N) is 4. The molecule has 1 aromatic carbocycles. The quantitative estimate of drug-likeness (QED) is 0.852. The van der Waals surface area contributed by atoms with Gasteiger partial charge < -0.3 is 14.5 Å². The number of rotatable bonds is 3. The number of hydrogen-bond donors (Lipinski definition) is 0. The Kier molecular flexibility index (Phi) is 4.50. The van der Waals surface area contributed by atoms with Crippen molar-refractivity contribution in [2.24, 2.45) is 0 Å². The summed E-state index contributed by atoms with van der Waals surface area (Å²) in [6.07, 6.45) is 4.02. The van der Waals surface area contributed by atoms with Gasteiger partial charge in [-0.1, -0.05) is 12.1 Å². The first-order valence-corrected chi connectivity index (χ1v) is 8.84. The molecule has 2 aliphatic heterocycles. The number of carbonyl (C=O) groups is 1. The average Bonchev–Trinajstić information content (AvgIpc) is 2.96. The summed E-state index contributed by atoms with van der Waals surface area (Å²) in [5.41, 5.74) is 2.29. The molecule has 1 aromatic heterocycles. The molecular weight excluding hydrogens is 316 g/mol. The lowest BCUT2D eigenvalue weighted by atomic mass is 10.1. The Morgan fingerprint density at radius 1 is 1.16 bits per heavy atom. The van der Waals surface area contributed by atoms with Crippen LogP contribution in [0, 0.1) is 0 Å². The second kappa shape index (κ2) is 7.09. The summed E-state index contributed by atoms with van der Waals surface area (Å²) in [7, 11) is 0. The Labute approximate surface area is 147 Å². The predicted octanol–water partition coefficient (Wildman–Crippen LogP) is 1.69. The van der Waals surface area contributed by atoms with Crippen LogP contribution in [0.25, 0.3) is 0 Å². The minimum Gasteiger partial charge on any atom is -0.493 e. The summed E-state index contributed by atoms with van der Waals surface area (Å²) in [6.45, 7) is 3.96. The zero-order chi connectivity index (χ0) is 17.1. The minimum absolute atomic E-state index is 0.194. The minimum atomic E-state index is 0.194. The molecule has 2 aromatic rings. The van der Waals surface area contributed by atoms with Gasteiger partial charge in [-0.3, -0.25) is 4.79 Å². The lowest BCUT2D eigenvalue weighted by Crippen LogP contribution is -2.36. The predicted molar refractivity (Wildman–Crippen MR) is 94.8 cm³/mol. The molecule has 4 rings (SSSR count). The molecular formula is C19H22N4O2. The van der Waals surface area contributed by atoms with Gasteiger partial charge in [0.1, 0.15) is 5.75 Å². The summed E-state index contributed by atoms with van der Waals surface area (Å²) in [4.78, 5) is 16.9. The molecule has 2 aliphatic rings. The van der Waals surface area contributed by atoms with Crippen molar-refractivity contribution in [1.82, 2.24) is 15.1 Å². The Morgan fingerprint density at radius 2 is 2.12 bits per heavy atom. The number of benzene rings is 1. The fourth-order valence-corrected chi connectivity index (χ4v) is 3.49. The molecule has 3 heterocycles. The third-order valence-corrected chi connectivity index (χ3v) is 4.84. The smallest absolute Gasteiger partial charge is 0.227 e. The maximum atomic E-state index is 12.7. The molecule has 6 nitrogen and oxygen atoms in total. The van der Waals surface area contributed by atoms with Crippen LogP contribution in [0.4, 0.5) is 5.82 Å². The first kappa shape index (κ1) is 15.9. The SMILES string of the molecule is O=C(Cc1ccc2c(c1)CCO2)N1CCCN(c2cccnn2)CC1. The Hall–Kier alpha value is -2.63. The molecule has 130 valence electrons. The van der Waals surface area contributed by atoms with E-state index < -0.39 is 0 Å². The number of ether oxygens (including phenoxy) is 1. The highest BCUT2D eigenvalue weighted by Gasteiger charge is 2.21. The Bertz CT molecular complexity index is 750. The highest BCUT2D eigenvalue weighted by atomic mass is 16.5. The van der Waals surface area contributed by atoms with Gasteiger partial charge in [0.15, 0.2) is 5.82 Å². The largest absolute Gasteiger partial charge is 0.493 e. The Morgan fingerprint density at radius 3 is 3.00 bits per heavy atom. The highest BCUT2D eigenvalue weighted by Crippen LogP contribution is 2.26. The number of amides is 1. The van der Waals surface area contributed by atoms with Gasteiger partial charge in [0, 0.05) is 38.8 Å². The van der Waals surface area contributed by atoms with E-state index in [4.69, 9.17) is 4.74 Å². The Balaban J connectivity index is 1.38. The van der Waals surface area contributed by atoms with Crippen molar-refractivity contribution in [1.29, 1.82) is 0 Å². The van der Waals surface area contributed by atoms with Crippen LogP contribution in [0.2, 0.25) is 0 Å². The van der Waals surface area contributed by atoms with E-state index in [1.54, 1.807) is 6.20 Å². The fourth-order valence-electron chi connectivity index (χ4n) is 3.49. The van der Waals surface area contributed by atoms with E-state index in [9.17, 15) is 4.79 Å². The van der Waals surface area contributed by atoms with Gasteiger partial charge in [-0.15, -0.1) is 5.10 Å². The van der Waals surface area contributed by atoms with Gasteiger partial charge in [-0.25, -0.2) is 0 Å². The summed E-state index contributed by atoms with van der Waals surface area (Å²) in [6, 6.07) is 9.98.